The Morgan fingerprint density at radius 1 is 1.00 bits per heavy atom. The summed E-state index contributed by atoms with van der Waals surface area (Å²) in [7, 11) is 0. The van der Waals surface area contributed by atoms with Gasteiger partial charge in [0.15, 0.2) is 12.6 Å². The average molecular weight is 250 g/mol. The molecule has 0 bridgehead atoms. The van der Waals surface area contributed by atoms with Gasteiger partial charge in [0.2, 0.25) is 0 Å². The molecule has 1 N–H and O–H groups in total. The summed E-state index contributed by atoms with van der Waals surface area (Å²) in [6, 6.07) is 12.8. The summed E-state index contributed by atoms with van der Waals surface area (Å²) in [5.41, 5.74) is 3.49. The second-order valence-electron chi connectivity index (χ2n) is 4.21. The Labute approximate surface area is 109 Å². The van der Waals surface area contributed by atoms with Crippen LogP contribution in [0.1, 0.15) is 21.0 Å². The Bertz CT molecular complexity index is 775. The molecule has 0 unspecified atom stereocenters. The second kappa shape index (κ2) is 4.49. The molecule has 0 saturated heterocycles. The van der Waals surface area contributed by atoms with Crippen LogP contribution < -0.4 is 0 Å². The van der Waals surface area contributed by atoms with Gasteiger partial charge in [0, 0.05) is 16.5 Å². The summed E-state index contributed by atoms with van der Waals surface area (Å²) in [6.07, 6.45) is 1.51. The topological polar surface area (TPSA) is 62.8 Å². The molecule has 0 spiro atoms. The van der Waals surface area contributed by atoms with Crippen LogP contribution in [0.5, 0.6) is 0 Å². The van der Waals surface area contributed by atoms with Crippen LogP contribution in [-0.4, -0.2) is 22.5 Å². The molecule has 3 rings (SSSR count). The second-order valence-corrected chi connectivity index (χ2v) is 4.21. The van der Waals surface area contributed by atoms with Gasteiger partial charge in [0.05, 0.1) is 11.4 Å². The molecule has 0 fully saturated rings. The van der Waals surface area contributed by atoms with Gasteiger partial charge in [-0.2, -0.15) is 0 Å². The number of nitrogens with zero attached hydrogens (tertiary/aromatic N) is 1. The number of carbonyl (C=O) groups is 2. The lowest BCUT2D eigenvalue weighted by atomic mass is 10.1. The standard InChI is InChI=1S/C15H10N2O2/c18-8-12-2-1-3-14(16-12)10-4-5-15-11(6-10)7-13(9-19)17-15/h1-9,17H. The fraction of sp³-hybridized carbons (Fsp3) is 0. The van der Waals surface area contributed by atoms with Gasteiger partial charge >= 0.3 is 0 Å². The molecule has 0 atom stereocenters. The third-order valence-corrected chi connectivity index (χ3v) is 2.96. The Morgan fingerprint density at radius 3 is 2.68 bits per heavy atom. The number of nitrogens with one attached hydrogen (secondary N) is 1. The number of aromatic nitrogens is 2. The fourth-order valence-corrected chi connectivity index (χ4v) is 2.06. The summed E-state index contributed by atoms with van der Waals surface area (Å²) < 4.78 is 0. The minimum Gasteiger partial charge on any atom is -0.352 e. The van der Waals surface area contributed by atoms with E-state index in [0.717, 1.165) is 34.7 Å². The predicted molar refractivity (Wildman–Crippen MR) is 72.3 cm³/mol. The smallest absolute Gasteiger partial charge is 0.168 e. The van der Waals surface area contributed by atoms with E-state index in [1.54, 1.807) is 18.2 Å². The van der Waals surface area contributed by atoms with Crippen molar-refractivity contribution >= 4 is 23.5 Å². The highest BCUT2D eigenvalue weighted by atomic mass is 16.1. The molecule has 0 aliphatic rings. The summed E-state index contributed by atoms with van der Waals surface area (Å²) in [5, 5.41) is 0.943. The molecule has 0 aliphatic carbocycles. The highest BCUT2D eigenvalue weighted by molar-refractivity contribution is 5.90. The number of H-pyrrole nitrogens is 1. The molecule has 92 valence electrons. The van der Waals surface area contributed by atoms with Crippen molar-refractivity contribution in [2.24, 2.45) is 0 Å². The lowest BCUT2D eigenvalue weighted by Crippen LogP contribution is -1.89. The maximum absolute atomic E-state index is 10.7. The number of benzene rings is 1. The van der Waals surface area contributed by atoms with E-state index in [1.807, 2.05) is 24.3 Å². The minimum atomic E-state index is 0.403. The lowest BCUT2D eigenvalue weighted by Gasteiger charge is -2.01. The SMILES string of the molecule is O=Cc1cccc(-c2ccc3[nH]c(C=O)cc3c2)n1. The minimum absolute atomic E-state index is 0.403. The van der Waals surface area contributed by atoms with Gasteiger partial charge in [-0.3, -0.25) is 9.59 Å². The zero-order valence-corrected chi connectivity index (χ0v) is 9.96. The van der Waals surface area contributed by atoms with Crippen molar-refractivity contribution in [3.63, 3.8) is 0 Å². The van der Waals surface area contributed by atoms with Crippen molar-refractivity contribution in [1.82, 2.24) is 9.97 Å². The summed E-state index contributed by atoms with van der Waals surface area (Å²) in [6.45, 7) is 0. The number of hydrogen-bond acceptors (Lipinski definition) is 3. The van der Waals surface area contributed by atoms with Gasteiger partial charge < -0.3 is 4.98 Å². The van der Waals surface area contributed by atoms with Crippen LogP contribution in [0.25, 0.3) is 22.2 Å². The molecule has 4 heteroatoms. The summed E-state index contributed by atoms with van der Waals surface area (Å²) >= 11 is 0. The van der Waals surface area contributed by atoms with Gasteiger partial charge in [0.1, 0.15) is 5.69 Å². The van der Waals surface area contributed by atoms with E-state index in [9.17, 15) is 9.59 Å². The third kappa shape index (κ3) is 2.04. The molecule has 19 heavy (non-hydrogen) atoms. The number of aldehydes is 2. The highest BCUT2D eigenvalue weighted by Crippen LogP contribution is 2.23. The van der Waals surface area contributed by atoms with E-state index >= 15 is 0 Å². The molecule has 2 aromatic heterocycles. The molecular weight excluding hydrogens is 240 g/mol. The summed E-state index contributed by atoms with van der Waals surface area (Å²) in [4.78, 5) is 28.7. The number of pyridine rings is 1. The van der Waals surface area contributed by atoms with Crippen LogP contribution in [0.2, 0.25) is 0 Å². The first-order chi connectivity index (χ1) is 9.30. The maximum atomic E-state index is 10.7. The molecule has 3 aromatic rings. The molecule has 0 aliphatic heterocycles. The Balaban J connectivity index is 2.13. The van der Waals surface area contributed by atoms with E-state index in [-0.39, 0.29) is 0 Å². The molecule has 1 aromatic carbocycles. The van der Waals surface area contributed by atoms with Gasteiger partial charge in [-0.05, 0) is 30.3 Å². The first-order valence-electron chi connectivity index (χ1n) is 5.81. The first-order valence-corrected chi connectivity index (χ1v) is 5.81. The van der Waals surface area contributed by atoms with Crippen LogP contribution in [0.3, 0.4) is 0 Å². The van der Waals surface area contributed by atoms with Crippen molar-refractivity contribution in [3.05, 3.63) is 53.9 Å². The number of hydrogen-bond donors (Lipinski definition) is 1. The number of fused-ring (bicyclic) bond motifs is 1. The number of carbonyl (C=O) groups excluding carboxylic acids is 2. The lowest BCUT2D eigenvalue weighted by molar-refractivity contribution is 0.111. The van der Waals surface area contributed by atoms with E-state index in [0.29, 0.717) is 11.4 Å². The molecule has 0 saturated carbocycles. The monoisotopic (exact) mass is 250 g/mol. The zero-order chi connectivity index (χ0) is 13.2. The number of rotatable bonds is 3. The van der Waals surface area contributed by atoms with Gasteiger partial charge in [0.25, 0.3) is 0 Å². The van der Waals surface area contributed by atoms with Crippen LogP contribution >= 0.6 is 0 Å². The van der Waals surface area contributed by atoms with E-state index in [1.165, 1.54) is 0 Å². The largest absolute Gasteiger partial charge is 0.352 e. The van der Waals surface area contributed by atoms with Crippen molar-refractivity contribution in [3.8, 4) is 11.3 Å². The average Bonchev–Trinajstić information content (AvgIpc) is 2.89. The normalized spacial score (nSPS) is 10.5. The van der Waals surface area contributed by atoms with Crippen LogP contribution in [0.15, 0.2) is 42.5 Å². The zero-order valence-electron chi connectivity index (χ0n) is 9.96. The van der Waals surface area contributed by atoms with Crippen LogP contribution in [0.4, 0.5) is 0 Å². The maximum Gasteiger partial charge on any atom is 0.168 e. The molecular formula is C15H10N2O2. The first kappa shape index (κ1) is 11.3. The Hall–Kier alpha value is -2.75. The van der Waals surface area contributed by atoms with Gasteiger partial charge in [-0.15, -0.1) is 0 Å². The van der Waals surface area contributed by atoms with Crippen molar-refractivity contribution < 1.29 is 9.59 Å². The quantitative estimate of drug-likeness (QED) is 0.727. The van der Waals surface area contributed by atoms with Gasteiger partial charge in [-0.1, -0.05) is 12.1 Å². The van der Waals surface area contributed by atoms with Crippen molar-refractivity contribution in [1.29, 1.82) is 0 Å². The molecule has 4 nitrogen and oxygen atoms in total. The van der Waals surface area contributed by atoms with E-state index < -0.39 is 0 Å². The highest BCUT2D eigenvalue weighted by Gasteiger charge is 2.04. The third-order valence-electron chi connectivity index (χ3n) is 2.96. The van der Waals surface area contributed by atoms with Crippen LogP contribution in [-0.2, 0) is 0 Å². The van der Waals surface area contributed by atoms with Crippen LogP contribution in [0, 0.1) is 0 Å². The fourth-order valence-electron chi connectivity index (χ4n) is 2.06. The molecule has 2 heterocycles. The van der Waals surface area contributed by atoms with Crippen molar-refractivity contribution in [2.45, 2.75) is 0 Å². The van der Waals surface area contributed by atoms with E-state index in [2.05, 4.69) is 9.97 Å². The van der Waals surface area contributed by atoms with E-state index in [4.69, 9.17) is 0 Å². The molecule has 0 radical (unpaired) electrons. The molecule has 0 amide bonds. The van der Waals surface area contributed by atoms with Crippen molar-refractivity contribution in [2.75, 3.05) is 0 Å². The Kier molecular flexibility index (Phi) is 2.68. The predicted octanol–water partition coefficient (Wildman–Crippen LogP) is 2.85. The number of aromatic amines is 1. The summed E-state index contributed by atoms with van der Waals surface area (Å²) in [5.74, 6) is 0. The van der Waals surface area contributed by atoms with Gasteiger partial charge in [-0.25, -0.2) is 4.98 Å². The Morgan fingerprint density at radius 2 is 1.89 bits per heavy atom.